The molecule has 2 aliphatic heterocycles. The van der Waals surface area contributed by atoms with Gasteiger partial charge >= 0.3 is 0 Å². The molecule has 168 valence electrons. The number of nitrogens with zero attached hydrogens (tertiary/aromatic N) is 3. The molecule has 0 saturated carbocycles. The van der Waals surface area contributed by atoms with Crippen LogP contribution in [0.3, 0.4) is 0 Å². The minimum Gasteiger partial charge on any atom is -0.388 e. The molecule has 1 atom stereocenters. The number of aliphatic hydroxyl groups excluding tert-OH is 1. The molecule has 0 aromatic heterocycles. The Morgan fingerprint density at radius 2 is 1.77 bits per heavy atom. The fourth-order valence-corrected chi connectivity index (χ4v) is 4.71. The molecule has 1 aromatic rings. The monoisotopic (exact) mass is 415 g/mol. The van der Waals surface area contributed by atoms with Gasteiger partial charge in [0.1, 0.15) is 0 Å². The van der Waals surface area contributed by atoms with Crippen LogP contribution < -0.4 is 10.6 Å². The Kier molecular flexibility index (Phi) is 8.97. The van der Waals surface area contributed by atoms with Crippen LogP contribution in [-0.4, -0.2) is 79.3 Å². The summed E-state index contributed by atoms with van der Waals surface area (Å²) in [6.07, 6.45) is 6.60. The second-order valence-corrected chi connectivity index (χ2v) is 8.91. The average molecular weight is 416 g/mol. The summed E-state index contributed by atoms with van der Waals surface area (Å²) in [7, 11) is 2.23. The number of guanidine groups is 1. The van der Waals surface area contributed by atoms with Crippen molar-refractivity contribution in [3.8, 4) is 0 Å². The Labute approximate surface area is 182 Å². The fourth-order valence-electron chi connectivity index (χ4n) is 4.71. The van der Waals surface area contributed by atoms with Gasteiger partial charge in [0, 0.05) is 18.6 Å². The molecule has 0 spiro atoms. The summed E-state index contributed by atoms with van der Waals surface area (Å²) in [6, 6.07) is 9.88. The largest absolute Gasteiger partial charge is 0.388 e. The lowest BCUT2D eigenvalue weighted by molar-refractivity contribution is 0.0208. The van der Waals surface area contributed by atoms with E-state index in [-0.39, 0.29) is 5.54 Å². The summed E-state index contributed by atoms with van der Waals surface area (Å²) in [5.41, 5.74) is 1.16. The Bertz CT molecular complexity index is 636. The molecule has 2 aliphatic rings. The third-order valence-corrected chi connectivity index (χ3v) is 6.71. The van der Waals surface area contributed by atoms with Crippen LogP contribution in [0.5, 0.6) is 0 Å². The number of hydrogen-bond donors (Lipinski definition) is 3. The van der Waals surface area contributed by atoms with Crippen LogP contribution >= 0.6 is 0 Å². The summed E-state index contributed by atoms with van der Waals surface area (Å²) >= 11 is 0. The van der Waals surface area contributed by atoms with E-state index in [1.165, 1.54) is 45.2 Å². The second-order valence-electron chi connectivity index (χ2n) is 8.91. The zero-order chi connectivity index (χ0) is 21.2. The first-order valence-electron chi connectivity index (χ1n) is 11.8. The maximum Gasteiger partial charge on any atom is 0.191 e. The molecule has 2 saturated heterocycles. The first-order valence-corrected chi connectivity index (χ1v) is 11.8. The van der Waals surface area contributed by atoms with Crippen LogP contribution in [-0.2, 0) is 0 Å². The maximum atomic E-state index is 10.4. The topological polar surface area (TPSA) is 63.1 Å². The van der Waals surface area contributed by atoms with Gasteiger partial charge in [0.15, 0.2) is 5.96 Å². The highest BCUT2D eigenvalue weighted by atomic mass is 16.3. The van der Waals surface area contributed by atoms with E-state index < -0.39 is 6.10 Å². The number of rotatable bonds is 8. The molecule has 0 amide bonds. The third-order valence-electron chi connectivity index (χ3n) is 6.71. The van der Waals surface area contributed by atoms with Crippen LogP contribution in [0.1, 0.15) is 57.1 Å². The number of nitrogens with one attached hydrogen (secondary N) is 2. The van der Waals surface area contributed by atoms with Gasteiger partial charge in [-0.2, -0.15) is 0 Å². The van der Waals surface area contributed by atoms with Gasteiger partial charge in [0.2, 0.25) is 0 Å². The zero-order valence-corrected chi connectivity index (χ0v) is 18.9. The molecule has 3 rings (SSSR count). The number of likely N-dealkylation sites (tertiary alicyclic amines) is 2. The lowest BCUT2D eigenvalue weighted by atomic mass is 9.84. The van der Waals surface area contributed by atoms with Gasteiger partial charge in [-0.05, 0) is 77.8 Å². The standard InChI is InChI=1S/C24H41N5O/c1-3-25-23(26-15-12-22(30)21-10-6-4-7-11-21)27-20-24(13-18-28(2)19-14-24)29-16-8-5-9-17-29/h4,6-7,10-11,22,30H,3,5,8-9,12-20H2,1-2H3,(H2,25,26,27). The first-order chi connectivity index (χ1) is 14.6. The molecular formula is C24H41N5O. The van der Waals surface area contributed by atoms with Crippen molar-refractivity contribution in [1.82, 2.24) is 20.4 Å². The number of benzene rings is 1. The predicted molar refractivity (Wildman–Crippen MR) is 125 cm³/mol. The molecule has 1 unspecified atom stereocenters. The van der Waals surface area contributed by atoms with Crippen molar-refractivity contribution < 1.29 is 5.11 Å². The van der Waals surface area contributed by atoms with Crippen molar-refractivity contribution in [3.63, 3.8) is 0 Å². The Balaban J connectivity index is 1.59. The van der Waals surface area contributed by atoms with Crippen molar-refractivity contribution in [1.29, 1.82) is 0 Å². The number of piperidine rings is 2. The molecule has 1 aromatic carbocycles. The normalized spacial score (nSPS) is 21.9. The van der Waals surface area contributed by atoms with E-state index in [0.717, 1.165) is 37.7 Å². The number of hydrogen-bond acceptors (Lipinski definition) is 4. The molecule has 2 heterocycles. The Morgan fingerprint density at radius 3 is 2.43 bits per heavy atom. The fraction of sp³-hybridized carbons (Fsp3) is 0.708. The van der Waals surface area contributed by atoms with E-state index in [4.69, 9.17) is 4.99 Å². The molecule has 0 aliphatic carbocycles. The first kappa shape index (κ1) is 23.0. The van der Waals surface area contributed by atoms with Crippen LogP contribution in [0.4, 0.5) is 0 Å². The van der Waals surface area contributed by atoms with Crippen molar-refractivity contribution in [2.24, 2.45) is 4.99 Å². The molecule has 3 N–H and O–H groups in total. The van der Waals surface area contributed by atoms with Gasteiger partial charge in [-0.25, -0.2) is 0 Å². The van der Waals surface area contributed by atoms with Crippen molar-refractivity contribution in [2.45, 2.75) is 57.1 Å². The van der Waals surface area contributed by atoms with Gasteiger partial charge in [-0.15, -0.1) is 0 Å². The van der Waals surface area contributed by atoms with Crippen molar-refractivity contribution in [2.75, 3.05) is 52.9 Å². The highest BCUT2D eigenvalue weighted by molar-refractivity contribution is 5.79. The highest BCUT2D eigenvalue weighted by Crippen LogP contribution is 2.31. The van der Waals surface area contributed by atoms with Gasteiger partial charge in [-0.1, -0.05) is 36.8 Å². The van der Waals surface area contributed by atoms with Gasteiger partial charge in [0.05, 0.1) is 12.6 Å². The van der Waals surface area contributed by atoms with Gasteiger partial charge in [0.25, 0.3) is 0 Å². The summed E-state index contributed by atoms with van der Waals surface area (Å²) in [4.78, 5) is 10.2. The smallest absolute Gasteiger partial charge is 0.191 e. The molecule has 6 heteroatoms. The van der Waals surface area contributed by atoms with Gasteiger partial charge in [-0.3, -0.25) is 9.89 Å². The van der Waals surface area contributed by atoms with Crippen LogP contribution in [0.15, 0.2) is 35.3 Å². The Hall–Kier alpha value is -1.63. The quantitative estimate of drug-likeness (QED) is 0.450. The highest BCUT2D eigenvalue weighted by Gasteiger charge is 2.39. The van der Waals surface area contributed by atoms with E-state index >= 15 is 0 Å². The van der Waals surface area contributed by atoms with Gasteiger partial charge < -0.3 is 20.6 Å². The number of aliphatic hydroxyl groups is 1. The lowest BCUT2D eigenvalue weighted by Gasteiger charge is -2.49. The summed E-state index contributed by atoms with van der Waals surface area (Å²) in [5, 5.41) is 17.3. The molecule has 2 fully saturated rings. The summed E-state index contributed by atoms with van der Waals surface area (Å²) in [6.45, 7) is 9.22. The summed E-state index contributed by atoms with van der Waals surface area (Å²) in [5.74, 6) is 0.869. The van der Waals surface area contributed by atoms with E-state index in [2.05, 4.69) is 34.4 Å². The zero-order valence-electron chi connectivity index (χ0n) is 18.9. The molecule has 6 nitrogen and oxygen atoms in total. The van der Waals surface area contributed by atoms with Crippen LogP contribution in [0.25, 0.3) is 0 Å². The third kappa shape index (κ3) is 6.43. The predicted octanol–water partition coefficient (Wildman–Crippen LogP) is 2.62. The lowest BCUT2D eigenvalue weighted by Crippen LogP contribution is -2.58. The average Bonchev–Trinajstić information content (AvgIpc) is 2.80. The second kappa shape index (κ2) is 11.7. The van der Waals surface area contributed by atoms with E-state index in [0.29, 0.717) is 13.0 Å². The number of aliphatic imine (C=N–C) groups is 1. The molecular weight excluding hydrogens is 374 g/mol. The SMILES string of the molecule is CCNC(=NCC1(N2CCCCC2)CCN(C)CC1)NCCC(O)c1ccccc1. The summed E-state index contributed by atoms with van der Waals surface area (Å²) < 4.78 is 0. The van der Waals surface area contributed by atoms with Crippen LogP contribution in [0.2, 0.25) is 0 Å². The maximum absolute atomic E-state index is 10.4. The Morgan fingerprint density at radius 1 is 1.07 bits per heavy atom. The van der Waals surface area contributed by atoms with Crippen molar-refractivity contribution >= 4 is 5.96 Å². The van der Waals surface area contributed by atoms with E-state index in [1.807, 2.05) is 30.3 Å². The van der Waals surface area contributed by atoms with E-state index in [1.54, 1.807) is 0 Å². The minimum absolute atomic E-state index is 0.193. The van der Waals surface area contributed by atoms with E-state index in [9.17, 15) is 5.11 Å². The molecule has 30 heavy (non-hydrogen) atoms. The van der Waals surface area contributed by atoms with Crippen molar-refractivity contribution in [3.05, 3.63) is 35.9 Å². The molecule has 0 bridgehead atoms. The van der Waals surface area contributed by atoms with Crippen LogP contribution in [0, 0.1) is 0 Å². The minimum atomic E-state index is -0.449. The molecule has 0 radical (unpaired) electrons.